The molecule has 19 heavy (non-hydrogen) atoms. The van der Waals surface area contributed by atoms with Crippen LogP contribution in [0, 0.1) is 20.8 Å². The van der Waals surface area contributed by atoms with Crippen LogP contribution in [0.1, 0.15) is 29.2 Å². The molecular formula is C16H23N3. The van der Waals surface area contributed by atoms with E-state index in [9.17, 15) is 0 Å². The van der Waals surface area contributed by atoms with Crippen molar-refractivity contribution in [2.75, 3.05) is 14.1 Å². The van der Waals surface area contributed by atoms with Crippen molar-refractivity contribution < 1.29 is 0 Å². The third-order valence-corrected chi connectivity index (χ3v) is 3.25. The molecule has 0 amide bonds. The Morgan fingerprint density at radius 1 is 1.16 bits per heavy atom. The van der Waals surface area contributed by atoms with E-state index in [1.807, 2.05) is 25.9 Å². The maximum Gasteiger partial charge on any atom is 0.224 e. The summed E-state index contributed by atoms with van der Waals surface area (Å²) < 4.78 is 0. The van der Waals surface area contributed by atoms with E-state index in [2.05, 4.69) is 49.5 Å². The van der Waals surface area contributed by atoms with Crippen LogP contribution in [0.25, 0.3) is 5.70 Å². The summed E-state index contributed by atoms with van der Waals surface area (Å²) in [5.41, 5.74) is 5.63. The van der Waals surface area contributed by atoms with Crippen molar-refractivity contribution in [2.24, 2.45) is 9.98 Å². The molecule has 0 aliphatic heterocycles. The minimum atomic E-state index is 0.658. The Balaban J connectivity index is 3.21. The lowest BCUT2D eigenvalue weighted by Gasteiger charge is -2.14. The van der Waals surface area contributed by atoms with E-state index in [0.717, 1.165) is 11.3 Å². The van der Waals surface area contributed by atoms with Crippen molar-refractivity contribution >= 4 is 17.9 Å². The Kier molecular flexibility index (Phi) is 5.04. The molecule has 1 rings (SSSR count). The number of nitrogens with zero attached hydrogens (tertiary/aromatic N) is 3. The largest absolute Gasteiger partial charge is 0.347 e. The van der Waals surface area contributed by atoms with E-state index in [4.69, 9.17) is 0 Å². The van der Waals surface area contributed by atoms with Gasteiger partial charge in [-0.1, -0.05) is 18.7 Å². The lowest BCUT2D eigenvalue weighted by atomic mass is 9.97. The van der Waals surface area contributed by atoms with Gasteiger partial charge in [0.25, 0.3) is 0 Å². The minimum Gasteiger partial charge on any atom is -0.347 e. The summed E-state index contributed by atoms with van der Waals surface area (Å²) >= 11 is 0. The highest BCUT2D eigenvalue weighted by Crippen LogP contribution is 2.23. The molecule has 0 aliphatic carbocycles. The van der Waals surface area contributed by atoms with Gasteiger partial charge in [-0.3, -0.25) is 0 Å². The second kappa shape index (κ2) is 6.32. The summed E-state index contributed by atoms with van der Waals surface area (Å²) in [5, 5.41) is 0. The molecule has 0 saturated heterocycles. The van der Waals surface area contributed by atoms with Crippen molar-refractivity contribution in [1.82, 2.24) is 4.90 Å². The number of aliphatic imine (C=N–C) groups is 2. The van der Waals surface area contributed by atoms with Crippen LogP contribution in [0.4, 0.5) is 0 Å². The smallest absolute Gasteiger partial charge is 0.224 e. The number of aryl methyl sites for hydroxylation is 1. The molecule has 3 heteroatoms. The molecule has 0 spiro atoms. The first-order chi connectivity index (χ1) is 8.88. The second-order valence-electron chi connectivity index (χ2n) is 4.82. The lowest BCUT2D eigenvalue weighted by Crippen LogP contribution is -2.20. The summed E-state index contributed by atoms with van der Waals surface area (Å²) in [6.45, 7) is 12.3. The summed E-state index contributed by atoms with van der Waals surface area (Å²) in [4.78, 5) is 10.6. The van der Waals surface area contributed by atoms with E-state index in [1.54, 1.807) is 6.21 Å². The predicted octanol–water partition coefficient (Wildman–Crippen LogP) is 3.59. The van der Waals surface area contributed by atoms with Crippen LogP contribution in [-0.4, -0.2) is 31.2 Å². The highest BCUT2D eigenvalue weighted by molar-refractivity contribution is 5.91. The molecule has 0 heterocycles. The van der Waals surface area contributed by atoms with Crippen LogP contribution in [-0.2, 0) is 0 Å². The van der Waals surface area contributed by atoms with Crippen LogP contribution >= 0.6 is 0 Å². The molecule has 1 aromatic rings. The molecule has 0 saturated carbocycles. The zero-order chi connectivity index (χ0) is 14.6. The lowest BCUT2D eigenvalue weighted by molar-refractivity contribution is 0.615. The van der Waals surface area contributed by atoms with Crippen molar-refractivity contribution in [1.29, 1.82) is 0 Å². The summed E-state index contributed by atoms with van der Waals surface area (Å²) in [7, 11) is 3.85. The van der Waals surface area contributed by atoms with Gasteiger partial charge in [-0.15, -0.1) is 0 Å². The molecule has 1 aromatic carbocycles. The van der Waals surface area contributed by atoms with Crippen molar-refractivity contribution in [2.45, 2.75) is 27.7 Å². The van der Waals surface area contributed by atoms with Gasteiger partial charge in [-0.25, -0.2) is 9.98 Å². The van der Waals surface area contributed by atoms with Gasteiger partial charge in [-0.2, -0.15) is 0 Å². The SMILES string of the molecule is C=C(N=C(N=CC)N(C)C)c1ccc(C)c(C)c1C. The van der Waals surface area contributed by atoms with Crippen LogP contribution < -0.4 is 0 Å². The Morgan fingerprint density at radius 3 is 2.32 bits per heavy atom. The molecule has 0 aliphatic rings. The van der Waals surface area contributed by atoms with E-state index < -0.39 is 0 Å². The first-order valence-electron chi connectivity index (χ1n) is 6.39. The zero-order valence-corrected chi connectivity index (χ0v) is 12.8. The maximum atomic E-state index is 4.52. The van der Waals surface area contributed by atoms with Gasteiger partial charge in [0, 0.05) is 25.9 Å². The van der Waals surface area contributed by atoms with Crippen LogP contribution in [0.2, 0.25) is 0 Å². The number of rotatable bonds is 2. The van der Waals surface area contributed by atoms with Crippen LogP contribution in [0.15, 0.2) is 28.7 Å². The molecule has 0 aromatic heterocycles. The van der Waals surface area contributed by atoms with E-state index in [1.165, 1.54) is 16.7 Å². The first-order valence-corrected chi connectivity index (χ1v) is 6.39. The van der Waals surface area contributed by atoms with Crippen LogP contribution in [0.3, 0.4) is 0 Å². The molecule has 3 nitrogen and oxygen atoms in total. The summed E-state index contributed by atoms with van der Waals surface area (Å²) in [5.74, 6) is 0.658. The quantitative estimate of drug-likeness (QED) is 0.588. The third-order valence-electron chi connectivity index (χ3n) is 3.25. The molecule has 0 atom stereocenters. The number of benzene rings is 1. The van der Waals surface area contributed by atoms with Crippen molar-refractivity contribution in [3.05, 3.63) is 41.0 Å². The average Bonchev–Trinajstić information content (AvgIpc) is 2.35. The molecule has 0 radical (unpaired) electrons. The zero-order valence-electron chi connectivity index (χ0n) is 12.8. The Bertz CT molecular complexity index is 537. The van der Waals surface area contributed by atoms with E-state index in [0.29, 0.717) is 5.96 Å². The Labute approximate surface area is 116 Å². The number of hydrogen-bond acceptors (Lipinski definition) is 1. The fourth-order valence-electron chi connectivity index (χ4n) is 1.81. The fraction of sp³-hybridized carbons (Fsp3) is 0.375. The molecule has 102 valence electrons. The molecular weight excluding hydrogens is 234 g/mol. The maximum absolute atomic E-state index is 4.52. The highest BCUT2D eigenvalue weighted by atomic mass is 15.2. The Hall–Kier alpha value is -1.90. The van der Waals surface area contributed by atoms with E-state index >= 15 is 0 Å². The fourth-order valence-corrected chi connectivity index (χ4v) is 1.81. The first kappa shape index (κ1) is 15.2. The van der Waals surface area contributed by atoms with Gasteiger partial charge in [0.05, 0.1) is 5.70 Å². The Morgan fingerprint density at radius 2 is 1.79 bits per heavy atom. The minimum absolute atomic E-state index is 0.658. The van der Waals surface area contributed by atoms with Crippen molar-refractivity contribution in [3.63, 3.8) is 0 Å². The standard InChI is InChI=1S/C16H23N3/c1-8-17-16(19(6)7)18-14(5)15-10-9-11(2)12(3)13(15)4/h8-10H,5H2,1-4,6-7H3. The average molecular weight is 257 g/mol. The monoisotopic (exact) mass is 257 g/mol. The van der Waals surface area contributed by atoms with E-state index in [-0.39, 0.29) is 0 Å². The molecule has 0 N–H and O–H groups in total. The molecule has 0 unspecified atom stereocenters. The topological polar surface area (TPSA) is 28.0 Å². The van der Waals surface area contributed by atoms with Gasteiger partial charge in [0.1, 0.15) is 0 Å². The summed E-state index contributed by atoms with van der Waals surface area (Å²) in [6.07, 6.45) is 1.74. The van der Waals surface area contributed by atoms with Crippen molar-refractivity contribution in [3.8, 4) is 0 Å². The van der Waals surface area contributed by atoms with Gasteiger partial charge < -0.3 is 4.90 Å². The van der Waals surface area contributed by atoms with Gasteiger partial charge in [-0.05, 0) is 44.4 Å². The molecule has 0 fully saturated rings. The summed E-state index contributed by atoms with van der Waals surface area (Å²) in [6, 6.07) is 4.18. The highest BCUT2D eigenvalue weighted by Gasteiger charge is 2.08. The van der Waals surface area contributed by atoms with Gasteiger partial charge >= 0.3 is 0 Å². The number of guanidine groups is 1. The second-order valence-corrected chi connectivity index (χ2v) is 4.82. The van der Waals surface area contributed by atoms with Crippen LogP contribution in [0.5, 0.6) is 0 Å². The third kappa shape index (κ3) is 3.53. The predicted molar refractivity (Wildman–Crippen MR) is 85.0 cm³/mol. The normalized spacial score (nSPS) is 12.0. The van der Waals surface area contributed by atoms with Gasteiger partial charge in [0.15, 0.2) is 0 Å². The molecule has 0 bridgehead atoms. The number of hydrogen-bond donors (Lipinski definition) is 0. The van der Waals surface area contributed by atoms with Gasteiger partial charge in [0.2, 0.25) is 5.96 Å².